The first-order chi connectivity index (χ1) is 33.2. The van der Waals surface area contributed by atoms with E-state index in [1.54, 1.807) is 18.2 Å². The fraction of sp³-hybridized carbons (Fsp3) is 0.209. The van der Waals surface area contributed by atoms with Gasteiger partial charge in [-0.25, -0.2) is 0 Å². The Kier molecular flexibility index (Phi) is 37.6. The Labute approximate surface area is 421 Å². The minimum Gasteiger partial charge on any atom is -0.457 e. The molecule has 0 aliphatic heterocycles. The zero-order valence-electron chi connectivity index (χ0n) is 44.6. The topological polar surface area (TPSA) is 26.3 Å². The van der Waals surface area contributed by atoms with Gasteiger partial charge in [-0.1, -0.05) is 222 Å². The molecule has 2 heteroatoms. The molecule has 0 spiro atoms. The summed E-state index contributed by atoms with van der Waals surface area (Å²) in [6, 6.07) is 34.2. The van der Waals surface area contributed by atoms with Crippen LogP contribution in [0.5, 0.6) is 5.75 Å². The van der Waals surface area contributed by atoms with E-state index < -0.39 is 0 Å². The van der Waals surface area contributed by atoms with Crippen molar-refractivity contribution in [3.8, 4) is 17.6 Å². The number of carbonyl (C=O) groups excluding carboxylic acids is 1. The zero-order valence-corrected chi connectivity index (χ0v) is 44.6. The van der Waals surface area contributed by atoms with Gasteiger partial charge in [0.2, 0.25) is 0 Å². The van der Waals surface area contributed by atoms with E-state index in [4.69, 9.17) is 4.74 Å². The van der Waals surface area contributed by atoms with Crippen LogP contribution in [0.15, 0.2) is 249 Å². The van der Waals surface area contributed by atoms with Crippen molar-refractivity contribution in [3.05, 3.63) is 282 Å². The van der Waals surface area contributed by atoms with Crippen LogP contribution in [0.1, 0.15) is 110 Å². The molecule has 0 bridgehead atoms. The quantitative estimate of drug-likeness (QED) is 0.0648. The van der Waals surface area contributed by atoms with Crippen molar-refractivity contribution >= 4 is 16.9 Å². The first kappa shape index (κ1) is 63.6. The largest absolute Gasteiger partial charge is 0.457 e. The van der Waals surface area contributed by atoms with Crippen molar-refractivity contribution in [3.63, 3.8) is 0 Å². The first-order valence-electron chi connectivity index (χ1n) is 23.8. The van der Waals surface area contributed by atoms with Gasteiger partial charge in [0.15, 0.2) is 5.78 Å². The third-order valence-corrected chi connectivity index (χ3v) is 8.67. The minimum absolute atomic E-state index is 0.00833. The lowest BCUT2D eigenvalue weighted by Gasteiger charge is -2.12. The molecule has 2 nitrogen and oxygen atoms in total. The van der Waals surface area contributed by atoms with Crippen molar-refractivity contribution in [2.24, 2.45) is 0 Å². The summed E-state index contributed by atoms with van der Waals surface area (Å²) in [7, 11) is 0. The molecule has 0 radical (unpaired) electrons. The summed E-state index contributed by atoms with van der Waals surface area (Å²) in [6.45, 7) is 42.5. The van der Waals surface area contributed by atoms with Gasteiger partial charge >= 0.3 is 0 Å². The molecule has 0 saturated carbocycles. The summed E-state index contributed by atoms with van der Waals surface area (Å²) in [5.74, 6) is 7.72. The highest BCUT2D eigenvalue weighted by Gasteiger charge is 2.25. The number of ether oxygens (including phenoxy) is 1. The molecule has 362 valence electrons. The standard InChI is InChI=1S/C41H36O2.C7H8.C7H10.2C4H8.2C2H6/c1-6-13-32(14-7-2)21-22-33-23-26-38(27-24-33)43-37(15-8-3)19-12-18-35-29-39(42)41(34-16-10-9-11-17-34)40(35)36-25-20-30(4)31(5)28-36;1-7-5-3-2-4-6-7;1-4-5-6-7(2)3;1-4(2)3;1-3-4-2;2*1-2/h6-20,23-29H,1H2,2-5H3;2-6H,1H3;4-6H,1-2H2,3H3;1H2,2-3H3;3-4H,1-2H3;2*1-2H3/b14-7-,15-8-,18-12?,32-13+,37-19+;;6-5-;;4-3-;;. The molecule has 0 saturated heterocycles. The summed E-state index contributed by atoms with van der Waals surface area (Å²) >= 11 is 0. The molecule has 5 rings (SSSR count). The fourth-order valence-electron chi connectivity index (χ4n) is 5.42. The van der Waals surface area contributed by atoms with Gasteiger partial charge in [-0.15, -0.1) is 6.58 Å². The van der Waals surface area contributed by atoms with Crippen molar-refractivity contribution in [1.29, 1.82) is 0 Å². The van der Waals surface area contributed by atoms with Gasteiger partial charge in [-0.2, -0.15) is 0 Å². The molecule has 0 heterocycles. The Morgan fingerprint density at radius 2 is 1.16 bits per heavy atom. The second-order valence-corrected chi connectivity index (χ2v) is 15.0. The number of rotatable bonds is 11. The normalized spacial score (nSPS) is 11.7. The van der Waals surface area contributed by atoms with Crippen LogP contribution in [0.2, 0.25) is 0 Å². The smallest absolute Gasteiger partial charge is 0.187 e. The molecule has 1 aliphatic carbocycles. The van der Waals surface area contributed by atoms with E-state index in [2.05, 4.69) is 89.3 Å². The second kappa shape index (κ2) is 40.8. The number of aryl methyl sites for hydroxylation is 3. The van der Waals surface area contributed by atoms with Crippen molar-refractivity contribution in [2.75, 3.05) is 0 Å². The van der Waals surface area contributed by atoms with Gasteiger partial charge in [-0.05, 0) is 146 Å². The fourth-order valence-corrected chi connectivity index (χ4v) is 5.42. The van der Waals surface area contributed by atoms with Gasteiger partial charge in [0.25, 0.3) is 0 Å². The maximum Gasteiger partial charge on any atom is 0.187 e. The number of allylic oxidation sites excluding steroid dienone is 21. The van der Waals surface area contributed by atoms with Crippen LogP contribution in [0.25, 0.3) is 11.1 Å². The number of benzene rings is 4. The maximum atomic E-state index is 13.3. The summed E-state index contributed by atoms with van der Waals surface area (Å²) < 4.78 is 6.17. The predicted octanol–water partition coefficient (Wildman–Crippen LogP) is 19.4. The SMILES string of the molecule is C/C=C\C.C=C(C)C.C=C/C=C(C#Cc1ccc(OC(/C=C\C)=C/C=CC2=CC(=O)C(c3ccccc3)=C2c2ccc(C)c(C)c2)cc1)\C=C/C.C=C/C=C\C(=C)C.CC.CC.Cc1ccccc1. The van der Waals surface area contributed by atoms with Crippen LogP contribution in [0, 0.1) is 32.6 Å². The average Bonchev–Trinajstić information content (AvgIpc) is 3.68. The molecule has 0 unspecified atom stereocenters. The maximum absolute atomic E-state index is 13.3. The zero-order chi connectivity index (χ0) is 52.4. The average molecular weight is 919 g/mol. The van der Waals surface area contributed by atoms with E-state index in [1.807, 2.05) is 222 Å². The molecule has 0 aromatic heterocycles. The predicted molar refractivity (Wildman–Crippen MR) is 310 cm³/mol. The molecule has 1 aliphatic rings. The Balaban J connectivity index is 0. The van der Waals surface area contributed by atoms with Gasteiger partial charge < -0.3 is 4.74 Å². The summed E-state index contributed by atoms with van der Waals surface area (Å²) in [4.78, 5) is 13.3. The Morgan fingerprint density at radius 3 is 1.61 bits per heavy atom. The molecule has 4 aromatic carbocycles. The van der Waals surface area contributed by atoms with Crippen LogP contribution in [-0.2, 0) is 4.79 Å². The van der Waals surface area contributed by atoms with E-state index in [0.29, 0.717) is 11.5 Å². The lowest BCUT2D eigenvalue weighted by Crippen LogP contribution is -1.97. The summed E-state index contributed by atoms with van der Waals surface area (Å²) in [5, 5.41) is 0. The van der Waals surface area contributed by atoms with Crippen LogP contribution >= 0.6 is 0 Å². The molecule has 0 amide bonds. The highest BCUT2D eigenvalue weighted by Crippen LogP contribution is 2.39. The first-order valence-corrected chi connectivity index (χ1v) is 23.8. The molecular weight excluding hydrogens is 837 g/mol. The highest BCUT2D eigenvalue weighted by atomic mass is 16.5. The lowest BCUT2D eigenvalue weighted by molar-refractivity contribution is -0.109. The van der Waals surface area contributed by atoms with E-state index >= 15 is 0 Å². The molecule has 4 aromatic rings. The van der Waals surface area contributed by atoms with Crippen molar-refractivity contribution < 1.29 is 9.53 Å². The molecule has 0 atom stereocenters. The van der Waals surface area contributed by atoms with E-state index in [9.17, 15) is 4.79 Å². The Hall–Kier alpha value is -7.47. The number of hydrogen-bond donors (Lipinski definition) is 0. The minimum atomic E-state index is 0.00833. The second-order valence-electron chi connectivity index (χ2n) is 15.0. The van der Waals surface area contributed by atoms with Gasteiger partial charge in [0.1, 0.15) is 11.5 Å². The van der Waals surface area contributed by atoms with E-state index in [-0.39, 0.29) is 5.78 Å². The van der Waals surface area contributed by atoms with Crippen LogP contribution < -0.4 is 4.74 Å². The van der Waals surface area contributed by atoms with Crippen molar-refractivity contribution in [2.45, 2.75) is 96.9 Å². The number of carbonyl (C=O) groups is 1. The van der Waals surface area contributed by atoms with E-state index in [0.717, 1.165) is 44.6 Å². The molecule has 0 N–H and O–H groups in total. The number of ketones is 1. The van der Waals surface area contributed by atoms with Gasteiger partial charge in [0.05, 0.1) is 0 Å². The third-order valence-electron chi connectivity index (χ3n) is 8.67. The Morgan fingerprint density at radius 1 is 0.594 bits per heavy atom. The summed E-state index contributed by atoms with van der Waals surface area (Å²) in [6.07, 6.45) is 28.4. The Bertz CT molecular complexity index is 2480. The van der Waals surface area contributed by atoms with Crippen LogP contribution in [0.3, 0.4) is 0 Å². The van der Waals surface area contributed by atoms with Gasteiger partial charge in [0, 0.05) is 22.3 Å². The molecule has 69 heavy (non-hydrogen) atoms. The van der Waals surface area contributed by atoms with Crippen LogP contribution in [0.4, 0.5) is 0 Å². The van der Waals surface area contributed by atoms with Crippen molar-refractivity contribution in [1.82, 2.24) is 0 Å². The molecular formula is C67H82O2. The lowest BCUT2D eigenvalue weighted by atomic mass is 9.91. The summed E-state index contributed by atoms with van der Waals surface area (Å²) in [5.41, 5.74) is 12.2. The highest BCUT2D eigenvalue weighted by molar-refractivity contribution is 6.38. The van der Waals surface area contributed by atoms with Gasteiger partial charge in [-0.3, -0.25) is 4.79 Å². The third kappa shape index (κ3) is 29.0. The van der Waals surface area contributed by atoms with Crippen LogP contribution in [-0.4, -0.2) is 5.78 Å². The number of hydrogen-bond acceptors (Lipinski definition) is 2. The molecule has 0 fully saturated rings. The van der Waals surface area contributed by atoms with E-state index in [1.165, 1.54) is 22.3 Å². The monoisotopic (exact) mass is 919 g/mol.